The third-order valence-electron chi connectivity index (χ3n) is 10.0. The number of anilines is 3. The molecule has 0 unspecified atom stereocenters. The largest absolute Gasteiger partial charge is 0.454 e. The number of fused-ring (bicyclic) bond motifs is 6. The van der Waals surface area contributed by atoms with Crippen LogP contribution in [0.1, 0.15) is 0 Å². The molecular formula is C48H32N2O. The van der Waals surface area contributed by atoms with Crippen LogP contribution in [0.4, 0.5) is 17.1 Å². The minimum Gasteiger partial charge on any atom is -0.454 e. The highest BCUT2D eigenvalue weighted by atomic mass is 16.3. The van der Waals surface area contributed by atoms with Gasteiger partial charge in [-0.3, -0.25) is 0 Å². The second kappa shape index (κ2) is 11.9. The van der Waals surface area contributed by atoms with E-state index in [2.05, 4.69) is 198 Å². The summed E-state index contributed by atoms with van der Waals surface area (Å²) in [6.07, 6.45) is 0. The Bertz CT molecular complexity index is 2850. The molecule has 0 aliphatic heterocycles. The molecule has 10 rings (SSSR count). The van der Waals surface area contributed by atoms with Gasteiger partial charge in [0.05, 0.1) is 22.4 Å². The lowest BCUT2D eigenvalue weighted by atomic mass is 10.0. The van der Waals surface area contributed by atoms with E-state index in [1.165, 1.54) is 27.4 Å². The molecule has 0 radical (unpaired) electrons. The molecule has 51 heavy (non-hydrogen) atoms. The maximum Gasteiger partial charge on any atom is 0.159 e. The second-order valence-electron chi connectivity index (χ2n) is 12.9. The summed E-state index contributed by atoms with van der Waals surface area (Å²) >= 11 is 0. The molecule has 0 bridgehead atoms. The van der Waals surface area contributed by atoms with Crippen molar-refractivity contribution in [1.29, 1.82) is 0 Å². The number of hydrogen-bond donors (Lipinski definition) is 0. The molecule has 0 spiro atoms. The van der Waals surface area contributed by atoms with Gasteiger partial charge < -0.3 is 13.9 Å². The van der Waals surface area contributed by atoms with Crippen molar-refractivity contribution in [2.75, 3.05) is 4.90 Å². The Morgan fingerprint density at radius 1 is 0.392 bits per heavy atom. The predicted octanol–water partition coefficient (Wildman–Crippen LogP) is 13.5. The third-order valence-corrected chi connectivity index (χ3v) is 10.0. The van der Waals surface area contributed by atoms with Crippen molar-refractivity contribution in [3.8, 4) is 27.9 Å². The molecule has 0 atom stereocenters. The average molecular weight is 653 g/mol. The van der Waals surface area contributed by atoms with Gasteiger partial charge in [-0.2, -0.15) is 0 Å². The molecule has 2 aromatic heterocycles. The first-order valence-corrected chi connectivity index (χ1v) is 17.4. The van der Waals surface area contributed by atoms with Gasteiger partial charge in [-0.05, 0) is 65.2 Å². The van der Waals surface area contributed by atoms with E-state index in [-0.39, 0.29) is 0 Å². The van der Waals surface area contributed by atoms with E-state index in [0.717, 1.165) is 61.3 Å². The zero-order chi connectivity index (χ0) is 33.7. The van der Waals surface area contributed by atoms with Crippen LogP contribution in [0.25, 0.3) is 71.7 Å². The number of para-hydroxylation sites is 4. The van der Waals surface area contributed by atoms with Gasteiger partial charge in [-0.25, -0.2) is 0 Å². The first-order chi connectivity index (χ1) is 25.3. The minimum absolute atomic E-state index is 0.860. The highest BCUT2D eigenvalue weighted by Crippen LogP contribution is 2.46. The van der Waals surface area contributed by atoms with Gasteiger partial charge in [-0.1, -0.05) is 146 Å². The first kappa shape index (κ1) is 29.1. The predicted molar refractivity (Wildman–Crippen MR) is 214 cm³/mol. The Labute approximate surface area is 295 Å². The van der Waals surface area contributed by atoms with E-state index < -0.39 is 0 Å². The summed E-state index contributed by atoms with van der Waals surface area (Å²) < 4.78 is 9.08. The van der Waals surface area contributed by atoms with E-state index in [9.17, 15) is 0 Å². The number of benzene rings is 8. The van der Waals surface area contributed by atoms with Gasteiger partial charge in [0, 0.05) is 38.5 Å². The molecule has 240 valence electrons. The number of nitrogens with zero attached hydrogens (tertiary/aromatic N) is 2. The summed E-state index contributed by atoms with van der Waals surface area (Å²) in [4.78, 5) is 2.37. The second-order valence-corrected chi connectivity index (χ2v) is 12.9. The molecule has 3 nitrogen and oxygen atoms in total. The molecule has 0 saturated carbocycles. The van der Waals surface area contributed by atoms with Crippen LogP contribution in [0.3, 0.4) is 0 Å². The number of furan rings is 1. The molecule has 0 aliphatic carbocycles. The van der Waals surface area contributed by atoms with Gasteiger partial charge >= 0.3 is 0 Å². The molecule has 10 aromatic rings. The maximum absolute atomic E-state index is 6.68. The van der Waals surface area contributed by atoms with Crippen molar-refractivity contribution in [2.45, 2.75) is 0 Å². The molecule has 2 heterocycles. The van der Waals surface area contributed by atoms with Crippen molar-refractivity contribution in [2.24, 2.45) is 0 Å². The summed E-state index contributed by atoms with van der Waals surface area (Å²) in [7, 11) is 0. The quantitative estimate of drug-likeness (QED) is 0.178. The van der Waals surface area contributed by atoms with Crippen molar-refractivity contribution in [3.63, 3.8) is 0 Å². The molecular weight excluding hydrogens is 621 g/mol. The fourth-order valence-corrected chi connectivity index (χ4v) is 7.66. The standard InChI is InChI=1S/C48H32N2O/c1-3-14-33(15-4-1)34-26-28-36(29-27-34)49-44-23-11-8-19-39(44)40-31-30-37(32-46(40)49)50(43-22-10-7-18-38(43)35-16-5-2-6-17-35)45-24-13-21-42-41-20-9-12-25-47(41)51-48(42)45/h1-32H. The van der Waals surface area contributed by atoms with E-state index in [4.69, 9.17) is 4.42 Å². The number of hydrogen-bond acceptors (Lipinski definition) is 2. The molecule has 0 saturated heterocycles. The van der Waals surface area contributed by atoms with Crippen LogP contribution in [-0.4, -0.2) is 4.57 Å². The first-order valence-electron chi connectivity index (χ1n) is 17.4. The van der Waals surface area contributed by atoms with Crippen LogP contribution in [0.2, 0.25) is 0 Å². The van der Waals surface area contributed by atoms with Crippen molar-refractivity contribution < 1.29 is 4.42 Å². The van der Waals surface area contributed by atoms with E-state index >= 15 is 0 Å². The monoisotopic (exact) mass is 652 g/mol. The maximum atomic E-state index is 6.68. The zero-order valence-electron chi connectivity index (χ0n) is 27.8. The Kier molecular flexibility index (Phi) is 6.81. The van der Waals surface area contributed by atoms with Crippen molar-refractivity contribution >= 4 is 60.8 Å². The lowest BCUT2D eigenvalue weighted by Gasteiger charge is -2.28. The molecule has 0 amide bonds. The Balaban J connectivity index is 1.24. The average Bonchev–Trinajstić information content (AvgIpc) is 3.75. The fourth-order valence-electron chi connectivity index (χ4n) is 7.66. The lowest BCUT2D eigenvalue weighted by molar-refractivity contribution is 0.669. The fraction of sp³-hybridized carbons (Fsp3) is 0. The van der Waals surface area contributed by atoms with E-state index in [1.807, 2.05) is 6.07 Å². The molecule has 8 aromatic carbocycles. The van der Waals surface area contributed by atoms with Crippen LogP contribution in [0.15, 0.2) is 199 Å². The van der Waals surface area contributed by atoms with Crippen molar-refractivity contribution in [1.82, 2.24) is 4.57 Å². The number of aromatic nitrogens is 1. The van der Waals surface area contributed by atoms with Gasteiger partial charge in [0.15, 0.2) is 5.58 Å². The van der Waals surface area contributed by atoms with E-state index in [0.29, 0.717) is 0 Å². The molecule has 0 fully saturated rings. The summed E-state index contributed by atoms with van der Waals surface area (Å²) in [5.74, 6) is 0. The molecule has 0 N–H and O–H groups in total. The summed E-state index contributed by atoms with van der Waals surface area (Å²) in [6.45, 7) is 0. The third kappa shape index (κ3) is 4.82. The molecule has 3 heteroatoms. The van der Waals surface area contributed by atoms with Gasteiger partial charge in [-0.15, -0.1) is 0 Å². The Hall–Kier alpha value is -6.84. The zero-order valence-corrected chi connectivity index (χ0v) is 27.8. The highest BCUT2D eigenvalue weighted by molar-refractivity contribution is 6.13. The Morgan fingerprint density at radius 3 is 1.82 bits per heavy atom. The van der Waals surface area contributed by atoms with Gasteiger partial charge in [0.25, 0.3) is 0 Å². The summed E-state index contributed by atoms with van der Waals surface area (Å²) in [5, 5.41) is 4.64. The minimum atomic E-state index is 0.860. The summed E-state index contributed by atoms with van der Waals surface area (Å²) in [5.41, 5.74) is 13.0. The topological polar surface area (TPSA) is 21.3 Å². The summed E-state index contributed by atoms with van der Waals surface area (Å²) in [6, 6.07) is 69.1. The van der Waals surface area contributed by atoms with Crippen molar-refractivity contribution in [3.05, 3.63) is 194 Å². The highest BCUT2D eigenvalue weighted by Gasteiger charge is 2.23. The lowest BCUT2D eigenvalue weighted by Crippen LogP contribution is -2.11. The van der Waals surface area contributed by atoms with Crippen LogP contribution >= 0.6 is 0 Å². The number of rotatable bonds is 6. The Morgan fingerprint density at radius 2 is 1.00 bits per heavy atom. The smallest absolute Gasteiger partial charge is 0.159 e. The van der Waals surface area contributed by atoms with Crippen LogP contribution in [0.5, 0.6) is 0 Å². The van der Waals surface area contributed by atoms with E-state index in [1.54, 1.807) is 0 Å². The SMILES string of the molecule is c1ccc(-c2ccc(-n3c4ccccc4c4ccc(N(c5ccccc5-c5ccccc5)c5cccc6c5oc5ccccc56)cc43)cc2)cc1. The normalized spacial score (nSPS) is 11.5. The van der Waals surface area contributed by atoms with Crippen LogP contribution < -0.4 is 4.90 Å². The van der Waals surface area contributed by atoms with Crippen LogP contribution in [0, 0.1) is 0 Å². The van der Waals surface area contributed by atoms with Gasteiger partial charge in [0.1, 0.15) is 5.58 Å². The van der Waals surface area contributed by atoms with Crippen LogP contribution in [-0.2, 0) is 0 Å². The van der Waals surface area contributed by atoms with Gasteiger partial charge in [0.2, 0.25) is 0 Å². The molecule has 0 aliphatic rings.